The van der Waals surface area contributed by atoms with Gasteiger partial charge in [0, 0.05) is 23.1 Å². The van der Waals surface area contributed by atoms with Gasteiger partial charge in [0.05, 0.1) is 17.2 Å². The SMILES string of the molecule is Cc1cc(-c2c(-c3cccc(C#N)c3)nn3ccc(NC(=O)C(C)(O)C(F)(F)F)nc23)cc(C)n1. The lowest BCUT2D eigenvalue weighted by atomic mass is 9.99. The van der Waals surface area contributed by atoms with E-state index in [2.05, 4.69) is 21.1 Å². The first kappa shape index (κ1) is 23.8. The van der Waals surface area contributed by atoms with Gasteiger partial charge in [-0.3, -0.25) is 9.78 Å². The topological polar surface area (TPSA) is 116 Å². The highest BCUT2D eigenvalue weighted by molar-refractivity contribution is 5.97. The number of aliphatic hydroxyl groups is 1. The van der Waals surface area contributed by atoms with Crippen molar-refractivity contribution in [1.29, 1.82) is 5.26 Å². The van der Waals surface area contributed by atoms with Gasteiger partial charge in [-0.25, -0.2) is 9.50 Å². The summed E-state index contributed by atoms with van der Waals surface area (Å²) in [5, 5.41) is 25.6. The first-order valence-corrected chi connectivity index (χ1v) is 10.4. The minimum Gasteiger partial charge on any atom is -0.373 e. The summed E-state index contributed by atoms with van der Waals surface area (Å²) in [6, 6.07) is 13.8. The predicted molar refractivity (Wildman–Crippen MR) is 121 cm³/mol. The molecule has 0 bridgehead atoms. The summed E-state index contributed by atoms with van der Waals surface area (Å²) >= 11 is 0. The molecule has 0 radical (unpaired) electrons. The zero-order valence-corrected chi connectivity index (χ0v) is 18.8. The van der Waals surface area contributed by atoms with Crippen LogP contribution in [0.2, 0.25) is 0 Å². The lowest BCUT2D eigenvalue weighted by Gasteiger charge is -2.24. The molecule has 3 heterocycles. The molecular weight excluding hydrogens is 461 g/mol. The number of pyridine rings is 1. The third kappa shape index (κ3) is 4.43. The maximum absolute atomic E-state index is 13.1. The van der Waals surface area contributed by atoms with E-state index >= 15 is 0 Å². The van der Waals surface area contributed by atoms with Crippen LogP contribution < -0.4 is 5.32 Å². The number of aryl methyl sites for hydroxylation is 2. The van der Waals surface area contributed by atoms with E-state index in [1.54, 1.807) is 24.3 Å². The van der Waals surface area contributed by atoms with Crippen molar-refractivity contribution in [2.45, 2.75) is 32.5 Å². The highest BCUT2D eigenvalue weighted by atomic mass is 19.4. The van der Waals surface area contributed by atoms with Gasteiger partial charge in [-0.05, 0) is 56.7 Å². The Hall–Kier alpha value is -4.30. The van der Waals surface area contributed by atoms with Crippen LogP contribution in [0.15, 0.2) is 48.7 Å². The number of nitriles is 1. The van der Waals surface area contributed by atoms with E-state index in [-0.39, 0.29) is 11.5 Å². The number of carbonyl (C=O) groups is 1. The van der Waals surface area contributed by atoms with Crippen molar-refractivity contribution in [3.63, 3.8) is 0 Å². The summed E-state index contributed by atoms with van der Waals surface area (Å²) in [7, 11) is 0. The normalized spacial score (nSPS) is 13.3. The molecule has 0 aliphatic heterocycles. The number of nitrogens with one attached hydrogen (secondary N) is 1. The fraction of sp³-hybridized carbons (Fsp3) is 0.208. The molecule has 0 fully saturated rings. The number of amides is 1. The summed E-state index contributed by atoms with van der Waals surface area (Å²) in [5.74, 6) is -1.87. The Morgan fingerprint density at radius 1 is 1.09 bits per heavy atom. The molecule has 0 aliphatic carbocycles. The lowest BCUT2D eigenvalue weighted by Crippen LogP contribution is -2.52. The maximum Gasteiger partial charge on any atom is 0.426 e. The van der Waals surface area contributed by atoms with Gasteiger partial charge in [0.15, 0.2) is 5.65 Å². The van der Waals surface area contributed by atoms with Crippen LogP contribution >= 0.6 is 0 Å². The summed E-state index contributed by atoms with van der Waals surface area (Å²) in [6.07, 6.45) is -3.74. The third-order valence-electron chi connectivity index (χ3n) is 5.36. The van der Waals surface area contributed by atoms with Gasteiger partial charge in [-0.2, -0.15) is 23.5 Å². The first-order valence-electron chi connectivity index (χ1n) is 10.4. The van der Waals surface area contributed by atoms with Crippen molar-refractivity contribution >= 4 is 17.4 Å². The van der Waals surface area contributed by atoms with E-state index < -0.39 is 17.7 Å². The zero-order valence-electron chi connectivity index (χ0n) is 18.8. The predicted octanol–water partition coefficient (Wildman–Crippen LogP) is 4.20. The van der Waals surface area contributed by atoms with Crippen LogP contribution in [0.4, 0.5) is 19.0 Å². The van der Waals surface area contributed by atoms with Crippen molar-refractivity contribution in [3.8, 4) is 28.5 Å². The van der Waals surface area contributed by atoms with Gasteiger partial charge in [-0.15, -0.1) is 0 Å². The fourth-order valence-electron chi connectivity index (χ4n) is 3.55. The van der Waals surface area contributed by atoms with Gasteiger partial charge in [0.25, 0.3) is 5.91 Å². The Kier molecular flexibility index (Phi) is 5.78. The van der Waals surface area contributed by atoms with Crippen LogP contribution in [-0.4, -0.2) is 42.4 Å². The van der Waals surface area contributed by atoms with Crippen LogP contribution in [0.25, 0.3) is 28.0 Å². The van der Waals surface area contributed by atoms with Crippen LogP contribution in [0, 0.1) is 25.2 Å². The molecule has 1 atom stereocenters. The fourth-order valence-corrected chi connectivity index (χ4v) is 3.55. The minimum atomic E-state index is -5.17. The number of fused-ring (bicyclic) bond motifs is 1. The van der Waals surface area contributed by atoms with E-state index in [0.29, 0.717) is 34.9 Å². The van der Waals surface area contributed by atoms with Crippen molar-refractivity contribution in [2.75, 3.05) is 5.32 Å². The molecule has 3 aromatic heterocycles. The number of carbonyl (C=O) groups excluding carboxylic acids is 1. The standard InChI is InChI=1S/C24H19F3N6O2/c1-13-9-17(10-14(2)29-13)19-20(16-6-4-5-15(11-16)12-28)32-33-8-7-18(30-21(19)33)31-22(34)23(3,35)24(25,26)27/h4-11,35H,1-3H3,(H,30,31,34). The number of benzene rings is 1. The molecule has 35 heavy (non-hydrogen) atoms. The van der Waals surface area contributed by atoms with Crippen LogP contribution in [0.3, 0.4) is 0 Å². The van der Waals surface area contributed by atoms with Crippen molar-refractivity contribution in [3.05, 3.63) is 65.6 Å². The molecule has 11 heteroatoms. The van der Waals surface area contributed by atoms with E-state index in [4.69, 9.17) is 0 Å². The first-order chi connectivity index (χ1) is 16.4. The number of aromatic nitrogens is 4. The number of alkyl halides is 3. The molecule has 4 rings (SSSR count). The summed E-state index contributed by atoms with van der Waals surface area (Å²) in [6.45, 7) is 4.00. The number of anilines is 1. The molecular formula is C24H19F3N6O2. The van der Waals surface area contributed by atoms with Crippen LogP contribution in [0.1, 0.15) is 23.9 Å². The van der Waals surface area contributed by atoms with Gasteiger partial charge in [0.1, 0.15) is 11.5 Å². The molecule has 1 aromatic carbocycles. The number of rotatable bonds is 4. The molecule has 0 saturated heterocycles. The van der Waals surface area contributed by atoms with E-state index in [0.717, 1.165) is 11.4 Å². The molecule has 4 aromatic rings. The largest absolute Gasteiger partial charge is 0.426 e. The molecule has 178 valence electrons. The maximum atomic E-state index is 13.1. The Labute approximate surface area is 197 Å². The molecule has 8 nitrogen and oxygen atoms in total. The Morgan fingerprint density at radius 3 is 2.40 bits per heavy atom. The van der Waals surface area contributed by atoms with Gasteiger partial charge >= 0.3 is 6.18 Å². The second-order valence-electron chi connectivity index (χ2n) is 8.16. The van der Waals surface area contributed by atoms with E-state index in [9.17, 15) is 28.3 Å². The Bertz CT molecular complexity index is 1480. The van der Waals surface area contributed by atoms with Crippen LogP contribution in [-0.2, 0) is 4.79 Å². The second kappa shape index (κ2) is 8.48. The van der Waals surface area contributed by atoms with Gasteiger partial charge in [0.2, 0.25) is 5.60 Å². The average Bonchev–Trinajstić information content (AvgIpc) is 3.16. The molecule has 1 unspecified atom stereocenters. The van der Waals surface area contributed by atoms with Crippen LogP contribution in [0.5, 0.6) is 0 Å². The number of hydrogen-bond acceptors (Lipinski definition) is 6. The lowest BCUT2D eigenvalue weighted by molar-refractivity contribution is -0.242. The average molecular weight is 480 g/mol. The van der Waals surface area contributed by atoms with Gasteiger partial charge in [-0.1, -0.05) is 12.1 Å². The Morgan fingerprint density at radius 2 is 1.77 bits per heavy atom. The number of hydrogen-bond donors (Lipinski definition) is 2. The zero-order chi connectivity index (χ0) is 25.5. The number of halogens is 3. The molecule has 0 saturated carbocycles. The summed E-state index contributed by atoms with van der Waals surface area (Å²) in [5.41, 5.74) is 0.843. The number of nitrogens with zero attached hydrogens (tertiary/aromatic N) is 5. The highest BCUT2D eigenvalue weighted by Gasteiger charge is 2.55. The molecule has 2 N–H and O–H groups in total. The highest BCUT2D eigenvalue weighted by Crippen LogP contribution is 2.36. The van der Waals surface area contributed by atoms with Crippen molar-refractivity contribution in [2.24, 2.45) is 0 Å². The summed E-state index contributed by atoms with van der Waals surface area (Å²) < 4.78 is 40.7. The molecule has 1 amide bonds. The Balaban J connectivity index is 1.91. The van der Waals surface area contributed by atoms with E-state index in [1.165, 1.54) is 16.8 Å². The third-order valence-corrected chi connectivity index (χ3v) is 5.36. The molecule has 0 spiro atoms. The van der Waals surface area contributed by atoms with Crippen molar-refractivity contribution < 1.29 is 23.1 Å². The van der Waals surface area contributed by atoms with Gasteiger partial charge < -0.3 is 10.4 Å². The van der Waals surface area contributed by atoms with E-state index in [1.807, 2.05) is 31.3 Å². The monoisotopic (exact) mass is 480 g/mol. The summed E-state index contributed by atoms with van der Waals surface area (Å²) in [4.78, 5) is 20.9. The minimum absolute atomic E-state index is 0.201. The quantitative estimate of drug-likeness (QED) is 0.452. The second-order valence-corrected chi connectivity index (χ2v) is 8.16. The smallest absolute Gasteiger partial charge is 0.373 e. The molecule has 0 aliphatic rings. The van der Waals surface area contributed by atoms with Crippen molar-refractivity contribution in [1.82, 2.24) is 19.6 Å².